The predicted octanol–water partition coefficient (Wildman–Crippen LogP) is 1.81. The Bertz CT molecular complexity index is 485. The average molecular weight is 463 g/mol. The lowest BCUT2D eigenvalue weighted by Crippen LogP contribution is -2.55. The summed E-state index contributed by atoms with van der Waals surface area (Å²) >= 11 is 1.86. The number of nitrogens with zero attached hydrogens (tertiary/aromatic N) is 3. The Kier molecular flexibility index (Phi) is 10.7. The minimum atomic E-state index is 0. The zero-order valence-corrected chi connectivity index (χ0v) is 18.0. The Hall–Kier alpha value is -0.510. The van der Waals surface area contributed by atoms with Gasteiger partial charge in [-0.15, -0.1) is 35.7 Å². The molecule has 1 unspecified atom stereocenters. The number of guanidine groups is 1. The standard InChI is InChI=1S/C17H29N5S.HI/c1-18-17(19-9-12-23-16-7-5-4-6-8-16)20-13-15-14-21(2)10-11-22(15)3;/h4-8,15H,9-14H2,1-3H3,(H2,18,19,20);1H. The van der Waals surface area contributed by atoms with Gasteiger partial charge in [0.1, 0.15) is 0 Å². The number of benzene rings is 1. The first-order chi connectivity index (χ1) is 11.2. The summed E-state index contributed by atoms with van der Waals surface area (Å²) in [5.41, 5.74) is 0. The highest BCUT2D eigenvalue weighted by Gasteiger charge is 2.21. The third-order valence-corrected chi connectivity index (χ3v) is 5.13. The monoisotopic (exact) mass is 463 g/mol. The van der Waals surface area contributed by atoms with E-state index in [1.54, 1.807) is 0 Å². The summed E-state index contributed by atoms with van der Waals surface area (Å²) in [5, 5.41) is 6.84. The largest absolute Gasteiger partial charge is 0.356 e. The predicted molar refractivity (Wildman–Crippen MR) is 116 cm³/mol. The van der Waals surface area contributed by atoms with Gasteiger partial charge in [-0.1, -0.05) is 18.2 Å². The fraction of sp³-hybridized carbons (Fsp3) is 0.588. The number of piperazine rings is 1. The number of aliphatic imine (C=N–C) groups is 1. The third-order valence-electron chi connectivity index (χ3n) is 4.12. The number of halogens is 1. The molecule has 2 N–H and O–H groups in total. The molecule has 0 amide bonds. The van der Waals surface area contributed by atoms with Crippen LogP contribution in [0.1, 0.15) is 0 Å². The molecule has 1 atom stereocenters. The Labute approximate surface area is 167 Å². The minimum Gasteiger partial charge on any atom is -0.356 e. The number of nitrogens with one attached hydrogen (secondary N) is 2. The van der Waals surface area contributed by atoms with Crippen LogP contribution in [0, 0.1) is 0 Å². The van der Waals surface area contributed by atoms with Crippen molar-refractivity contribution < 1.29 is 0 Å². The lowest BCUT2D eigenvalue weighted by Gasteiger charge is -2.37. The van der Waals surface area contributed by atoms with Gasteiger partial charge in [-0.3, -0.25) is 9.89 Å². The van der Waals surface area contributed by atoms with E-state index in [1.165, 1.54) is 4.90 Å². The number of likely N-dealkylation sites (N-methyl/N-ethyl adjacent to an activating group) is 2. The molecule has 5 nitrogen and oxygen atoms in total. The molecule has 0 aliphatic carbocycles. The van der Waals surface area contributed by atoms with Gasteiger partial charge in [0, 0.05) is 56.5 Å². The molecule has 0 saturated carbocycles. The molecule has 1 aromatic carbocycles. The quantitative estimate of drug-likeness (QED) is 0.222. The van der Waals surface area contributed by atoms with Crippen molar-refractivity contribution in [3.05, 3.63) is 30.3 Å². The average Bonchev–Trinajstić information content (AvgIpc) is 2.58. The molecule has 24 heavy (non-hydrogen) atoms. The Morgan fingerprint density at radius 1 is 1.21 bits per heavy atom. The van der Waals surface area contributed by atoms with Gasteiger partial charge in [0.15, 0.2) is 5.96 Å². The first-order valence-corrected chi connectivity index (χ1v) is 9.18. The molecule has 7 heteroatoms. The van der Waals surface area contributed by atoms with Crippen LogP contribution in [0.3, 0.4) is 0 Å². The van der Waals surface area contributed by atoms with Crippen LogP contribution in [0.5, 0.6) is 0 Å². The maximum Gasteiger partial charge on any atom is 0.191 e. The molecule has 0 radical (unpaired) electrons. The number of thioether (sulfide) groups is 1. The lowest BCUT2D eigenvalue weighted by molar-refractivity contribution is 0.116. The van der Waals surface area contributed by atoms with Crippen LogP contribution in [0.25, 0.3) is 0 Å². The molecule has 0 spiro atoms. The summed E-state index contributed by atoms with van der Waals surface area (Å²) in [5.74, 6) is 1.91. The van der Waals surface area contributed by atoms with Crippen LogP contribution in [-0.4, -0.2) is 81.4 Å². The van der Waals surface area contributed by atoms with E-state index in [2.05, 4.69) is 63.8 Å². The zero-order valence-electron chi connectivity index (χ0n) is 14.9. The lowest BCUT2D eigenvalue weighted by atomic mass is 10.2. The van der Waals surface area contributed by atoms with Crippen molar-refractivity contribution in [3.63, 3.8) is 0 Å². The van der Waals surface area contributed by atoms with E-state index in [4.69, 9.17) is 0 Å². The second-order valence-corrected chi connectivity index (χ2v) is 7.11. The SMILES string of the molecule is CN=C(NCCSc1ccccc1)NCC1CN(C)CCN1C.I. The molecule has 1 aliphatic rings. The first-order valence-electron chi connectivity index (χ1n) is 8.20. The van der Waals surface area contributed by atoms with Crippen LogP contribution in [0.2, 0.25) is 0 Å². The van der Waals surface area contributed by atoms with Crippen molar-refractivity contribution in [1.29, 1.82) is 0 Å². The fourth-order valence-electron chi connectivity index (χ4n) is 2.61. The highest BCUT2D eigenvalue weighted by atomic mass is 127. The van der Waals surface area contributed by atoms with Gasteiger partial charge in [-0.2, -0.15) is 0 Å². The number of hydrogen-bond donors (Lipinski definition) is 2. The summed E-state index contributed by atoms with van der Waals surface area (Å²) < 4.78 is 0. The van der Waals surface area contributed by atoms with Crippen molar-refractivity contribution in [2.24, 2.45) is 4.99 Å². The molecule has 1 fully saturated rings. The first kappa shape index (κ1) is 21.5. The number of hydrogen-bond acceptors (Lipinski definition) is 4. The highest BCUT2D eigenvalue weighted by molar-refractivity contribution is 14.0. The summed E-state index contributed by atoms with van der Waals surface area (Å²) in [4.78, 5) is 10.4. The smallest absolute Gasteiger partial charge is 0.191 e. The number of rotatable bonds is 6. The van der Waals surface area contributed by atoms with E-state index in [0.717, 1.165) is 44.4 Å². The van der Waals surface area contributed by atoms with E-state index >= 15 is 0 Å². The zero-order chi connectivity index (χ0) is 16.5. The molecule has 0 aromatic heterocycles. The molecule has 2 rings (SSSR count). The summed E-state index contributed by atoms with van der Waals surface area (Å²) in [6, 6.07) is 11.0. The fourth-order valence-corrected chi connectivity index (χ4v) is 3.40. The highest BCUT2D eigenvalue weighted by Crippen LogP contribution is 2.15. The summed E-state index contributed by atoms with van der Waals surface area (Å²) in [6.45, 7) is 5.20. The van der Waals surface area contributed by atoms with Gasteiger partial charge in [0.05, 0.1) is 0 Å². The van der Waals surface area contributed by atoms with Gasteiger partial charge < -0.3 is 15.5 Å². The summed E-state index contributed by atoms with van der Waals surface area (Å²) in [6.07, 6.45) is 0. The van der Waals surface area contributed by atoms with Crippen molar-refractivity contribution in [3.8, 4) is 0 Å². The van der Waals surface area contributed by atoms with Crippen LogP contribution in [0.15, 0.2) is 40.2 Å². The Morgan fingerprint density at radius 3 is 2.67 bits per heavy atom. The molecule has 1 aromatic rings. The van der Waals surface area contributed by atoms with Gasteiger partial charge >= 0.3 is 0 Å². The molecule has 136 valence electrons. The molecule has 0 bridgehead atoms. The van der Waals surface area contributed by atoms with E-state index in [-0.39, 0.29) is 24.0 Å². The summed E-state index contributed by atoms with van der Waals surface area (Å²) in [7, 11) is 6.22. The van der Waals surface area contributed by atoms with Gasteiger partial charge in [-0.25, -0.2) is 0 Å². The van der Waals surface area contributed by atoms with Gasteiger partial charge in [0.25, 0.3) is 0 Å². The van der Waals surface area contributed by atoms with Gasteiger partial charge in [-0.05, 0) is 26.2 Å². The minimum absolute atomic E-state index is 0. The van der Waals surface area contributed by atoms with Crippen molar-refractivity contribution in [1.82, 2.24) is 20.4 Å². The molecular weight excluding hydrogens is 433 g/mol. The van der Waals surface area contributed by atoms with Gasteiger partial charge in [0.2, 0.25) is 0 Å². The van der Waals surface area contributed by atoms with Crippen LogP contribution in [0.4, 0.5) is 0 Å². The molecule has 1 aliphatic heterocycles. The van der Waals surface area contributed by atoms with E-state index in [9.17, 15) is 0 Å². The molecular formula is C17H30IN5S. The van der Waals surface area contributed by atoms with Crippen LogP contribution >= 0.6 is 35.7 Å². The van der Waals surface area contributed by atoms with E-state index in [0.29, 0.717) is 6.04 Å². The Morgan fingerprint density at radius 2 is 1.96 bits per heavy atom. The maximum absolute atomic E-state index is 4.31. The second-order valence-electron chi connectivity index (χ2n) is 5.94. The molecule has 1 saturated heterocycles. The van der Waals surface area contributed by atoms with Crippen molar-refractivity contribution in [2.45, 2.75) is 10.9 Å². The van der Waals surface area contributed by atoms with Crippen molar-refractivity contribution in [2.75, 3.05) is 59.6 Å². The Balaban J connectivity index is 0.00000288. The topological polar surface area (TPSA) is 42.9 Å². The normalized spacial score (nSPS) is 19.6. The second kappa shape index (κ2) is 11.9. The molecule has 1 heterocycles. The van der Waals surface area contributed by atoms with E-state index < -0.39 is 0 Å². The van der Waals surface area contributed by atoms with Crippen LogP contribution < -0.4 is 10.6 Å². The van der Waals surface area contributed by atoms with Crippen LogP contribution in [-0.2, 0) is 0 Å². The van der Waals surface area contributed by atoms with Crippen molar-refractivity contribution >= 4 is 41.7 Å². The maximum atomic E-state index is 4.31. The van der Waals surface area contributed by atoms with E-state index in [1.807, 2.05) is 24.9 Å². The third kappa shape index (κ3) is 7.58.